The number of nitrogens with one attached hydrogen (secondary N) is 1. The molecule has 0 bridgehead atoms. The highest BCUT2D eigenvalue weighted by Gasteiger charge is 2.51. The van der Waals surface area contributed by atoms with Crippen molar-refractivity contribution in [2.45, 2.75) is 39.2 Å². The Morgan fingerprint density at radius 1 is 1.16 bits per heavy atom. The Bertz CT molecular complexity index is 2010. The lowest BCUT2D eigenvalue weighted by Gasteiger charge is -2.28. The molecule has 0 unspecified atom stereocenters. The third kappa shape index (κ3) is 6.50. The van der Waals surface area contributed by atoms with Crippen LogP contribution < -0.4 is 15.4 Å². The van der Waals surface area contributed by atoms with E-state index in [0.717, 1.165) is 15.5 Å². The Morgan fingerprint density at radius 3 is 2.70 bits per heavy atom. The first-order valence-corrected chi connectivity index (χ1v) is 17.5. The van der Waals surface area contributed by atoms with Gasteiger partial charge in [0.25, 0.3) is 0 Å². The smallest absolute Gasteiger partial charge is 0.237 e. The second-order valence-corrected chi connectivity index (χ2v) is 14.4. The summed E-state index contributed by atoms with van der Waals surface area (Å²) in [4.78, 5) is 47.3. The van der Waals surface area contributed by atoms with Gasteiger partial charge >= 0.3 is 0 Å². The zero-order valence-corrected chi connectivity index (χ0v) is 29.0. The molecule has 3 aliphatic heterocycles. The van der Waals surface area contributed by atoms with E-state index in [-0.39, 0.29) is 47.3 Å². The van der Waals surface area contributed by atoms with Gasteiger partial charge in [0.1, 0.15) is 22.8 Å². The first-order valence-electron chi connectivity index (χ1n) is 16.6. The van der Waals surface area contributed by atoms with Crippen LogP contribution in [0.5, 0.6) is 5.75 Å². The van der Waals surface area contributed by atoms with Crippen molar-refractivity contribution in [3.63, 3.8) is 0 Å². The fourth-order valence-corrected chi connectivity index (χ4v) is 7.74. The Kier molecular flexibility index (Phi) is 8.95. The van der Waals surface area contributed by atoms with E-state index < -0.39 is 11.2 Å². The zero-order chi connectivity index (χ0) is 35.2. The number of nitrogens with two attached hydrogens (primary N) is 1. The van der Waals surface area contributed by atoms with E-state index in [1.54, 1.807) is 51.6 Å². The molecule has 6 heterocycles. The third-order valence-electron chi connectivity index (χ3n) is 9.48. The summed E-state index contributed by atoms with van der Waals surface area (Å²) in [7, 11) is 1.83. The maximum atomic E-state index is 14.7. The second kappa shape index (κ2) is 13.4. The first kappa shape index (κ1) is 33.5. The van der Waals surface area contributed by atoms with Crippen LogP contribution in [0.15, 0.2) is 48.9 Å². The molecule has 2 amide bonds. The van der Waals surface area contributed by atoms with Crippen LogP contribution in [-0.4, -0.2) is 97.4 Å². The summed E-state index contributed by atoms with van der Waals surface area (Å²) in [6, 6.07) is 7.62. The minimum absolute atomic E-state index is 0.0424. The van der Waals surface area contributed by atoms with Crippen LogP contribution in [0.1, 0.15) is 49.4 Å². The van der Waals surface area contributed by atoms with Crippen molar-refractivity contribution in [3.05, 3.63) is 71.0 Å². The maximum Gasteiger partial charge on any atom is 0.237 e. The molecule has 1 spiro atoms. The molecular formula is C35H39FN10O3S. The molecular weight excluding hydrogens is 660 g/mol. The van der Waals surface area contributed by atoms with Crippen molar-refractivity contribution in [1.82, 2.24) is 34.5 Å². The molecule has 260 valence electrons. The molecule has 13 nitrogen and oxygen atoms in total. The number of nitrogen functional groups attached to an aromatic ring is 1. The van der Waals surface area contributed by atoms with E-state index in [1.165, 1.54) is 12.1 Å². The van der Waals surface area contributed by atoms with Crippen LogP contribution in [-0.2, 0) is 16.6 Å². The van der Waals surface area contributed by atoms with E-state index in [0.29, 0.717) is 69.2 Å². The van der Waals surface area contributed by atoms with Gasteiger partial charge in [-0.2, -0.15) is 5.10 Å². The second-order valence-electron chi connectivity index (χ2n) is 13.3. The third-order valence-corrected chi connectivity index (χ3v) is 10.5. The number of aromatic nitrogens is 5. The van der Waals surface area contributed by atoms with Crippen LogP contribution in [0.25, 0.3) is 16.3 Å². The Labute approximate surface area is 293 Å². The normalized spacial score (nSPS) is 19.5. The molecule has 3 aromatic heterocycles. The average Bonchev–Trinajstić information content (AvgIpc) is 3.91. The predicted molar refractivity (Wildman–Crippen MR) is 188 cm³/mol. The predicted octanol–water partition coefficient (Wildman–Crippen LogP) is 4.00. The number of halogens is 1. The number of nitrogens with zero attached hydrogens (tertiary/aromatic N) is 8. The van der Waals surface area contributed by atoms with E-state index in [2.05, 4.69) is 31.0 Å². The Morgan fingerprint density at radius 2 is 1.98 bits per heavy atom. The summed E-state index contributed by atoms with van der Waals surface area (Å²) in [6.45, 7) is 6.60. The lowest BCUT2D eigenvalue weighted by molar-refractivity contribution is -0.132. The topological polar surface area (TPSA) is 159 Å². The van der Waals surface area contributed by atoms with E-state index in [1.807, 2.05) is 25.8 Å². The summed E-state index contributed by atoms with van der Waals surface area (Å²) >= 11 is 1.55. The zero-order valence-electron chi connectivity index (χ0n) is 28.2. The van der Waals surface area contributed by atoms with Crippen LogP contribution in [0.4, 0.5) is 15.9 Å². The van der Waals surface area contributed by atoms with Crippen molar-refractivity contribution >= 4 is 45.9 Å². The number of thiazole rings is 1. The molecule has 4 aromatic rings. The largest absolute Gasteiger partial charge is 0.488 e. The number of pyridine rings is 1. The molecule has 1 atom stereocenters. The van der Waals surface area contributed by atoms with E-state index >= 15 is 0 Å². The molecule has 1 aromatic carbocycles. The van der Waals surface area contributed by atoms with Crippen LogP contribution in [0.2, 0.25) is 0 Å². The summed E-state index contributed by atoms with van der Waals surface area (Å²) in [5.41, 5.74) is 7.41. The minimum atomic E-state index is -0.605. The van der Waals surface area contributed by atoms with Gasteiger partial charge in [0.2, 0.25) is 11.8 Å². The van der Waals surface area contributed by atoms with Crippen LogP contribution in [0, 0.1) is 16.6 Å². The standard InChI is InChI=1S/C35H39FN10O3S/c1-21(2)49-26-6-4-23(16-24(26)36)30(38)31-25(37)5-7-28(41-31)46-15-11-35(34(46)48)10-14-44(19-35)18-29(47)45-12-8-22(9-13-45)33-39-17-27(50-33)32-40-20-43(3)42-32/h4-8,16-17,20-21,38H,9-15,18-19,37H2,1-3H3/t35-/m0/s1. The number of carbonyl (C=O) groups excluding carboxylic acids is 2. The highest BCUT2D eigenvalue weighted by Crippen LogP contribution is 2.42. The van der Waals surface area contributed by atoms with Gasteiger partial charge in [-0.25, -0.2) is 19.3 Å². The van der Waals surface area contributed by atoms with E-state index in [9.17, 15) is 14.0 Å². The number of hydrogen-bond donors (Lipinski definition) is 2. The monoisotopic (exact) mass is 698 g/mol. The van der Waals surface area contributed by atoms with Crippen molar-refractivity contribution in [1.29, 1.82) is 5.41 Å². The molecule has 0 saturated carbocycles. The SMILES string of the molecule is CC(C)Oc1ccc(C(=N)c2nc(N3CC[C@]4(CCN(CC(=O)N5CC=C(c6ncc(-c7ncn(C)n7)s6)CC5)C4)C3=O)ccc2N)cc1F. The number of benzene rings is 1. The molecule has 0 radical (unpaired) electrons. The van der Waals surface area contributed by atoms with Gasteiger partial charge in [0.05, 0.1) is 34.3 Å². The number of ether oxygens (including phenoxy) is 1. The van der Waals surface area contributed by atoms with E-state index in [4.69, 9.17) is 15.9 Å². The summed E-state index contributed by atoms with van der Waals surface area (Å²) in [5.74, 6) is 0.574. The molecule has 7 rings (SSSR count). The van der Waals surface area contributed by atoms with Crippen molar-refractivity contribution in [2.24, 2.45) is 12.5 Å². The van der Waals surface area contributed by atoms with Crippen molar-refractivity contribution < 1.29 is 18.7 Å². The molecule has 3 N–H and O–H groups in total. The highest BCUT2D eigenvalue weighted by molar-refractivity contribution is 7.16. The molecule has 2 fully saturated rings. The number of aryl methyl sites for hydroxylation is 1. The lowest BCUT2D eigenvalue weighted by atomic mass is 9.85. The molecule has 2 saturated heterocycles. The van der Waals surface area contributed by atoms with Gasteiger partial charge in [-0.1, -0.05) is 6.08 Å². The van der Waals surface area contributed by atoms with Gasteiger partial charge in [-0.15, -0.1) is 11.3 Å². The van der Waals surface area contributed by atoms with Gasteiger partial charge in [-0.05, 0) is 75.6 Å². The average molecular weight is 699 g/mol. The van der Waals surface area contributed by atoms with Crippen molar-refractivity contribution in [3.8, 4) is 16.5 Å². The van der Waals surface area contributed by atoms with Gasteiger partial charge in [0.15, 0.2) is 17.4 Å². The Balaban J connectivity index is 0.966. The van der Waals surface area contributed by atoms with Gasteiger partial charge in [0, 0.05) is 45.0 Å². The van der Waals surface area contributed by atoms with Crippen molar-refractivity contribution in [2.75, 3.05) is 49.9 Å². The molecule has 3 aliphatic rings. The summed E-state index contributed by atoms with van der Waals surface area (Å²) in [5, 5.41) is 14.0. The number of anilines is 2. The summed E-state index contributed by atoms with van der Waals surface area (Å²) in [6.07, 6.45) is 7.33. The van der Waals surface area contributed by atoms with Gasteiger partial charge in [-0.3, -0.25) is 29.5 Å². The number of hydrogen-bond acceptors (Lipinski definition) is 11. The fraction of sp³-hybridized carbons (Fsp3) is 0.400. The van der Waals surface area contributed by atoms with Crippen LogP contribution >= 0.6 is 11.3 Å². The maximum absolute atomic E-state index is 14.7. The number of carbonyl (C=O) groups is 2. The highest BCUT2D eigenvalue weighted by atomic mass is 32.1. The molecule has 15 heteroatoms. The Hall–Kier alpha value is -5.02. The fourth-order valence-electron chi connectivity index (χ4n) is 6.82. The molecule has 0 aliphatic carbocycles. The van der Waals surface area contributed by atoms with Crippen LogP contribution in [0.3, 0.4) is 0 Å². The first-order chi connectivity index (χ1) is 24.0. The molecule has 50 heavy (non-hydrogen) atoms. The number of rotatable bonds is 9. The van der Waals surface area contributed by atoms with Gasteiger partial charge < -0.3 is 15.4 Å². The quantitative estimate of drug-likeness (QED) is 0.247. The lowest BCUT2D eigenvalue weighted by Crippen LogP contribution is -2.43. The number of amides is 2. The minimum Gasteiger partial charge on any atom is -0.488 e. The number of likely N-dealkylation sites (tertiary alicyclic amines) is 1. The summed E-state index contributed by atoms with van der Waals surface area (Å²) < 4.78 is 21.9.